The summed E-state index contributed by atoms with van der Waals surface area (Å²) >= 11 is 1.58. The summed E-state index contributed by atoms with van der Waals surface area (Å²) in [5.41, 5.74) is -0.668. The van der Waals surface area contributed by atoms with Gasteiger partial charge < -0.3 is 10.0 Å². The highest BCUT2D eigenvalue weighted by Crippen LogP contribution is 2.41. The predicted octanol–water partition coefficient (Wildman–Crippen LogP) is 3.13. The van der Waals surface area contributed by atoms with E-state index in [1.54, 1.807) is 17.5 Å². The Morgan fingerprint density at radius 2 is 1.88 bits per heavy atom. The van der Waals surface area contributed by atoms with Crippen LogP contribution in [0.1, 0.15) is 37.1 Å². The quantitative estimate of drug-likeness (QED) is 0.874. The van der Waals surface area contributed by atoms with Crippen LogP contribution in [0.4, 0.5) is 5.82 Å². The number of pyridine rings is 1. The minimum absolute atomic E-state index is 0.668. The molecule has 3 heterocycles. The first-order valence-corrected chi connectivity index (χ1v) is 10.6. The Hall–Kier alpha value is -1.50. The fourth-order valence-corrected chi connectivity index (χ4v) is 5.01. The maximum atomic E-state index is 10.8. The zero-order valence-corrected chi connectivity index (χ0v) is 16.1. The van der Waals surface area contributed by atoms with Gasteiger partial charge >= 0.3 is 0 Å². The molecule has 2 aromatic heterocycles. The van der Waals surface area contributed by atoms with Gasteiger partial charge in [-0.1, -0.05) is 6.07 Å². The summed E-state index contributed by atoms with van der Waals surface area (Å²) in [6, 6.07) is 6.13. The van der Waals surface area contributed by atoms with Crippen LogP contribution in [0, 0.1) is 5.92 Å². The lowest BCUT2D eigenvalue weighted by molar-refractivity contribution is -0.0163. The fraction of sp³-hybridized carbons (Fsp3) is 0.600. The van der Waals surface area contributed by atoms with Crippen LogP contribution in [-0.4, -0.2) is 52.7 Å². The van der Waals surface area contributed by atoms with Gasteiger partial charge in [0, 0.05) is 44.0 Å². The van der Waals surface area contributed by atoms with Crippen molar-refractivity contribution in [3.63, 3.8) is 0 Å². The SMILES string of the molecule is OC1(c2nccs2)CCC(CCN2CCN(c3ccccn3)CC2)CC1. The molecular formula is C20H28N4OS. The number of anilines is 1. The molecule has 2 aromatic rings. The van der Waals surface area contributed by atoms with Crippen LogP contribution in [0.15, 0.2) is 36.0 Å². The van der Waals surface area contributed by atoms with Gasteiger partial charge in [-0.05, 0) is 56.7 Å². The van der Waals surface area contributed by atoms with E-state index in [2.05, 4.69) is 31.9 Å². The molecule has 140 valence electrons. The maximum absolute atomic E-state index is 10.8. The van der Waals surface area contributed by atoms with Crippen LogP contribution in [0.3, 0.4) is 0 Å². The first-order chi connectivity index (χ1) is 12.7. The normalized spacial score (nSPS) is 27.6. The molecule has 0 atom stereocenters. The summed E-state index contributed by atoms with van der Waals surface area (Å²) in [5, 5.41) is 13.7. The van der Waals surface area contributed by atoms with Crippen molar-refractivity contribution in [2.75, 3.05) is 37.6 Å². The lowest BCUT2D eigenvalue weighted by Crippen LogP contribution is -2.47. The largest absolute Gasteiger partial charge is 0.383 e. The Morgan fingerprint density at radius 1 is 1.08 bits per heavy atom. The third-order valence-electron chi connectivity index (χ3n) is 5.96. The molecule has 1 saturated heterocycles. The molecule has 4 rings (SSSR count). The molecule has 2 aliphatic rings. The van der Waals surface area contributed by atoms with Crippen molar-refractivity contribution in [1.29, 1.82) is 0 Å². The van der Waals surface area contributed by atoms with Gasteiger partial charge in [0.05, 0.1) is 0 Å². The molecule has 5 nitrogen and oxygen atoms in total. The molecule has 1 N–H and O–H groups in total. The first-order valence-electron chi connectivity index (χ1n) is 9.74. The summed E-state index contributed by atoms with van der Waals surface area (Å²) < 4.78 is 0. The van der Waals surface area contributed by atoms with E-state index in [9.17, 15) is 5.11 Å². The van der Waals surface area contributed by atoms with Gasteiger partial charge in [0.25, 0.3) is 0 Å². The standard InChI is InChI=1S/C20H28N4OS/c25-20(19-22-10-16-26-19)7-4-17(5-8-20)6-11-23-12-14-24(15-13-23)18-3-1-2-9-21-18/h1-3,9-10,16-17,25H,4-8,11-15H2. The Labute approximate surface area is 159 Å². The third kappa shape index (κ3) is 4.08. The fourth-order valence-electron chi connectivity index (χ4n) is 4.22. The molecule has 0 aromatic carbocycles. The van der Waals surface area contributed by atoms with Gasteiger partial charge in [0.15, 0.2) is 0 Å². The van der Waals surface area contributed by atoms with E-state index in [1.807, 2.05) is 17.6 Å². The maximum Gasteiger partial charge on any atom is 0.128 e. The van der Waals surface area contributed by atoms with Crippen molar-refractivity contribution in [1.82, 2.24) is 14.9 Å². The zero-order chi connectivity index (χ0) is 17.8. The average Bonchev–Trinajstić information content (AvgIpc) is 3.25. The molecule has 6 heteroatoms. The second kappa shape index (κ2) is 8.03. The van der Waals surface area contributed by atoms with Gasteiger partial charge in [-0.25, -0.2) is 9.97 Å². The minimum Gasteiger partial charge on any atom is -0.383 e. The van der Waals surface area contributed by atoms with Crippen molar-refractivity contribution in [3.05, 3.63) is 41.0 Å². The molecule has 1 saturated carbocycles. The molecule has 0 unspecified atom stereocenters. The third-order valence-corrected chi connectivity index (χ3v) is 6.93. The number of aromatic nitrogens is 2. The van der Waals surface area contributed by atoms with Gasteiger partial charge in [0.2, 0.25) is 0 Å². The van der Waals surface area contributed by atoms with Crippen LogP contribution in [0.25, 0.3) is 0 Å². The Balaban J connectivity index is 1.19. The highest BCUT2D eigenvalue weighted by atomic mass is 32.1. The van der Waals surface area contributed by atoms with Crippen molar-refractivity contribution in [2.24, 2.45) is 5.92 Å². The summed E-state index contributed by atoms with van der Waals surface area (Å²) in [7, 11) is 0. The Kier molecular flexibility index (Phi) is 5.52. The Bertz CT molecular complexity index is 662. The second-order valence-corrected chi connectivity index (χ2v) is 8.51. The van der Waals surface area contributed by atoms with Crippen LogP contribution < -0.4 is 4.90 Å². The van der Waals surface area contributed by atoms with E-state index in [0.29, 0.717) is 0 Å². The van der Waals surface area contributed by atoms with E-state index in [4.69, 9.17) is 0 Å². The average molecular weight is 373 g/mol. The van der Waals surface area contributed by atoms with Crippen LogP contribution in [0.5, 0.6) is 0 Å². The zero-order valence-electron chi connectivity index (χ0n) is 15.3. The minimum atomic E-state index is -0.668. The highest BCUT2D eigenvalue weighted by molar-refractivity contribution is 7.09. The number of rotatable bonds is 5. The summed E-state index contributed by atoms with van der Waals surface area (Å²) in [6.45, 7) is 5.53. The topological polar surface area (TPSA) is 52.5 Å². The van der Waals surface area contributed by atoms with Gasteiger partial charge in [-0.3, -0.25) is 4.90 Å². The van der Waals surface area contributed by atoms with E-state index in [-0.39, 0.29) is 0 Å². The molecule has 0 amide bonds. The van der Waals surface area contributed by atoms with Crippen molar-refractivity contribution in [2.45, 2.75) is 37.7 Å². The lowest BCUT2D eigenvalue weighted by atomic mass is 9.78. The molecule has 1 aliphatic heterocycles. The number of hydrogen-bond donors (Lipinski definition) is 1. The lowest BCUT2D eigenvalue weighted by Gasteiger charge is -2.38. The van der Waals surface area contributed by atoms with Crippen LogP contribution in [0.2, 0.25) is 0 Å². The number of hydrogen-bond acceptors (Lipinski definition) is 6. The van der Waals surface area contributed by atoms with Gasteiger partial charge in [-0.2, -0.15) is 0 Å². The van der Waals surface area contributed by atoms with E-state index in [1.165, 1.54) is 13.0 Å². The molecule has 0 radical (unpaired) electrons. The van der Waals surface area contributed by atoms with E-state index >= 15 is 0 Å². The number of piperazine rings is 1. The summed E-state index contributed by atoms with van der Waals surface area (Å²) in [6.07, 6.45) is 8.87. The molecular weight excluding hydrogens is 344 g/mol. The van der Waals surface area contributed by atoms with E-state index in [0.717, 1.165) is 68.6 Å². The second-order valence-electron chi connectivity index (χ2n) is 7.62. The number of thiazole rings is 1. The summed E-state index contributed by atoms with van der Waals surface area (Å²) in [4.78, 5) is 13.8. The molecule has 1 aliphatic carbocycles. The molecule has 2 fully saturated rings. The monoisotopic (exact) mass is 372 g/mol. The molecule has 26 heavy (non-hydrogen) atoms. The smallest absolute Gasteiger partial charge is 0.128 e. The van der Waals surface area contributed by atoms with Gasteiger partial charge in [0.1, 0.15) is 16.4 Å². The van der Waals surface area contributed by atoms with Crippen molar-refractivity contribution < 1.29 is 5.11 Å². The first kappa shape index (κ1) is 17.9. The van der Waals surface area contributed by atoms with Crippen molar-refractivity contribution >= 4 is 17.2 Å². The molecule has 0 bridgehead atoms. The van der Waals surface area contributed by atoms with Gasteiger partial charge in [-0.15, -0.1) is 11.3 Å². The van der Waals surface area contributed by atoms with Crippen LogP contribution in [-0.2, 0) is 5.60 Å². The number of aliphatic hydroxyl groups is 1. The number of nitrogens with zero attached hydrogens (tertiary/aromatic N) is 4. The summed E-state index contributed by atoms with van der Waals surface area (Å²) in [5.74, 6) is 1.84. The van der Waals surface area contributed by atoms with Crippen molar-refractivity contribution in [3.8, 4) is 0 Å². The highest BCUT2D eigenvalue weighted by Gasteiger charge is 2.36. The molecule has 0 spiro atoms. The predicted molar refractivity (Wildman–Crippen MR) is 105 cm³/mol. The van der Waals surface area contributed by atoms with E-state index < -0.39 is 5.60 Å². The van der Waals surface area contributed by atoms with Crippen LogP contribution >= 0.6 is 11.3 Å². The Morgan fingerprint density at radius 3 is 2.54 bits per heavy atom.